The number of amides is 1. The average molecular weight is 526 g/mol. The van der Waals surface area contributed by atoms with Crippen molar-refractivity contribution in [2.45, 2.75) is 110 Å². The molecule has 1 amide bonds. The average Bonchev–Trinajstić information content (AvgIpc) is 3.54. The molecule has 4 rings (SSSR count). The lowest BCUT2D eigenvalue weighted by Crippen LogP contribution is -2.26. The number of benzene rings is 1. The van der Waals surface area contributed by atoms with Crippen molar-refractivity contribution in [3.8, 4) is 11.4 Å². The molecule has 1 aliphatic rings. The molecule has 0 saturated carbocycles. The van der Waals surface area contributed by atoms with Crippen molar-refractivity contribution in [3.63, 3.8) is 0 Å². The second-order valence-electron chi connectivity index (χ2n) is 11.7. The summed E-state index contributed by atoms with van der Waals surface area (Å²) in [5, 5.41) is 8.46. The largest absolute Gasteiger partial charge is 0.312 e. The number of H-pyrrole nitrogens is 1. The van der Waals surface area contributed by atoms with Gasteiger partial charge in [0.15, 0.2) is 11.5 Å². The lowest BCUT2D eigenvalue weighted by molar-refractivity contribution is -0.120. The fourth-order valence-electron chi connectivity index (χ4n) is 5.35. The zero-order valence-corrected chi connectivity index (χ0v) is 23.9. The zero-order valence-electron chi connectivity index (χ0n) is 23.2. The highest BCUT2D eigenvalue weighted by Crippen LogP contribution is 2.33. The smallest absolute Gasteiger partial charge is 0.230 e. The van der Waals surface area contributed by atoms with E-state index in [2.05, 4.69) is 42.9 Å². The first kappa shape index (κ1) is 27.7. The second-order valence-corrected chi connectivity index (χ2v) is 12.1. The van der Waals surface area contributed by atoms with Crippen LogP contribution in [0.1, 0.15) is 110 Å². The van der Waals surface area contributed by atoms with Crippen molar-refractivity contribution in [1.82, 2.24) is 19.8 Å². The molecule has 0 bridgehead atoms. The summed E-state index contributed by atoms with van der Waals surface area (Å²) in [5.41, 5.74) is 3.30. The zero-order chi connectivity index (χ0) is 26.4. The second kappa shape index (κ2) is 12.5. The molecule has 0 spiro atoms. The van der Waals surface area contributed by atoms with E-state index in [1.807, 2.05) is 29.2 Å². The maximum atomic E-state index is 13.1. The Hall–Kier alpha value is -2.34. The molecule has 0 radical (unpaired) electrons. The summed E-state index contributed by atoms with van der Waals surface area (Å²) in [6, 6.07) is 8.00. The Morgan fingerprint density at radius 3 is 2.19 bits per heavy atom. The number of aromatic nitrogens is 4. The van der Waals surface area contributed by atoms with Crippen LogP contribution in [0.2, 0.25) is 5.02 Å². The summed E-state index contributed by atoms with van der Waals surface area (Å²) in [7, 11) is 0. The van der Waals surface area contributed by atoms with Crippen LogP contribution in [0.5, 0.6) is 0 Å². The quantitative estimate of drug-likeness (QED) is 0.228. The van der Waals surface area contributed by atoms with Gasteiger partial charge in [-0.3, -0.25) is 9.89 Å². The number of nitrogens with one attached hydrogen (secondary N) is 1. The number of aromatic amines is 1. The summed E-state index contributed by atoms with van der Waals surface area (Å²) >= 11 is 6.57. The van der Waals surface area contributed by atoms with Crippen molar-refractivity contribution >= 4 is 28.8 Å². The first-order chi connectivity index (χ1) is 17.8. The molecule has 1 aromatic carbocycles. The van der Waals surface area contributed by atoms with Gasteiger partial charge >= 0.3 is 0 Å². The third-order valence-electron chi connectivity index (χ3n) is 7.65. The standard InChI is InChI=1S/C30H44ClN5O/c1-5-6-7-8-9-10-11-12-13-14-15-23-20-21-35(29(23)37)24-18-16-22(17-19-24)27-32-28-25(31)26(30(2,3)4)33-36(28)34-27/h16-19,23,33H,5-15,20-21H2,1-4H3. The van der Waals surface area contributed by atoms with E-state index in [0.717, 1.165) is 42.8 Å². The molecule has 6 nitrogen and oxygen atoms in total. The van der Waals surface area contributed by atoms with Crippen LogP contribution in [-0.4, -0.2) is 32.3 Å². The van der Waals surface area contributed by atoms with Crippen LogP contribution in [0.15, 0.2) is 24.3 Å². The summed E-state index contributed by atoms with van der Waals surface area (Å²) < 4.78 is 1.65. The number of hydrogen-bond acceptors (Lipinski definition) is 3. The molecule has 1 aliphatic heterocycles. The number of halogens is 1. The highest BCUT2D eigenvalue weighted by Gasteiger charge is 2.32. The van der Waals surface area contributed by atoms with Crippen LogP contribution in [-0.2, 0) is 10.2 Å². The van der Waals surface area contributed by atoms with Gasteiger partial charge in [-0.05, 0) is 37.1 Å². The predicted octanol–water partition coefficient (Wildman–Crippen LogP) is 8.34. The van der Waals surface area contributed by atoms with Crippen molar-refractivity contribution in [3.05, 3.63) is 35.0 Å². The Morgan fingerprint density at radius 1 is 0.973 bits per heavy atom. The van der Waals surface area contributed by atoms with E-state index in [9.17, 15) is 4.79 Å². The molecule has 0 aliphatic carbocycles. The molecule has 2 aromatic heterocycles. The number of fused-ring (bicyclic) bond motifs is 1. The number of nitrogens with zero attached hydrogens (tertiary/aromatic N) is 4. The lowest BCUT2D eigenvalue weighted by Gasteiger charge is -2.17. The van der Waals surface area contributed by atoms with Crippen molar-refractivity contribution in [2.75, 3.05) is 11.4 Å². The van der Waals surface area contributed by atoms with Crippen LogP contribution >= 0.6 is 11.6 Å². The van der Waals surface area contributed by atoms with Gasteiger partial charge < -0.3 is 4.90 Å². The molecule has 202 valence electrons. The monoisotopic (exact) mass is 525 g/mol. The van der Waals surface area contributed by atoms with Gasteiger partial charge in [-0.1, -0.05) is 104 Å². The number of anilines is 1. The van der Waals surface area contributed by atoms with Gasteiger partial charge in [-0.15, -0.1) is 5.10 Å². The first-order valence-electron chi connectivity index (χ1n) is 14.4. The SMILES string of the molecule is CCCCCCCCCCCCC1CCN(c2ccc(-c3nc4c(Cl)c(C(C)(C)C)[nH]n4n3)cc2)C1=O. The molecule has 1 unspecified atom stereocenters. The predicted molar refractivity (Wildman–Crippen MR) is 153 cm³/mol. The number of carbonyl (C=O) groups is 1. The normalized spacial score (nSPS) is 16.4. The molecule has 3 heterocycles. The van der Waals surface area contributed by atoms with Crippen molar-refractivity contribution in [1.29, 1.82) is 0 Å². The van der Waals surface area contributed by atoms with Gasteiger partial charge in [-0.25, -0.2) is 4.98 Å². The molecule has 3 aromatic rings. The van der Waals surface area contributed by atoms with Gasteiger partial charge in [0.05, 0.1) is 5.69 Å². The maximum Gasteiger partial charge on any atom is 0.230 e. The third kappa shape index (κ3) is 6.76. The highest BCUT2D eigenvalue weighted by molar-refractivity contribution is 6.34. The molecule has 1 fully saturated rings. The van der Waals surface area contributed by atoms with Gasteiger partial charge in [0.25, 0.3) is 0 Å². The summed E-state index contributed by atoms with van der Waals surface area (Å²) in [4.78, 5) is 19.7. The first-order valence-corrected chi connectivity index (χ1v) is 14.7. The Labute approximate surface area is 227 Å². The topological polar surface area (TPSA) is 66.3 Å². The van der Waals surface area contributed by atoms with E-state index in [1.165, 1.54) is 57.8 Å². The molecule has 1 saturated heterocycles. The molecular weight excluding hydrogens is 482 g/mol. The lowest BCUT2D eigenvalue weighted by atomic mass is 9.92. The Balaban J connectivity index is 1.25. The molecule has 1 atom stereocenters. The number of hydrogen-bond donors (Lipinski definition) is 1. The number of unbranched alkanes of at least 4 members (excludes halogenated alkanes) is 9. The van der Waals surface area contributed by atoms with E-state index in [-0.39, 0.29) is 17.2 Å². The van der Waals surface area contributed by atoms with Crippen LogP contribution in [0, 0.1) is 5.92 Å². The van der Waals surface area contributed by atoms with E-state index in [0.29, 0.717) is 16.5 Å². The van der Waals surface area contributed by atoms with Crippen LogP contribution < -0.4 is 4.90 Å². The van der Waals surface area contributed by atoms with Gasteiger partial charge in [-0.2, -0.15) is 4.63 Å². The van der Waals surface area contributed by atoms with Gasteiger partial charge in [0, 0.05) is 29.1 Å². The van der Waals surface area contributed by atoms with Crippen molar-refractivity contribution < 1.29 is 4.79 Å². The number of rotatable bonds is 13. The summed E-state index contributed by atoms with van der Waals surface area (Å²) in [6.45, 7) is 9.38. The molecule has 7 heteroatoms. The Bertz CT molecular complexity index is 1160. The number of carbonyl (C=O) groups excluding carboxylic acids is 1. The minimum absolute atomic E-state index is 0.116. The molecule has 1 N–H and O–H groups in total. The van der Waals surface area contributed by atoms with Gasteiger partial charge in [0.1, 0.15) is 5.02 Å². The maximum absolute atomic E-state index is 13.1. The van der Waals surface area contributed by atoms with E-state index < -0.39 is 0 Å². The Kier molecular flexibility index (Phi) is 9.33. The van der Waals surface area contributed by atoms with Crippen LogP contribution in [0.25, 0.3) is 17.0 Å². The van der Waals surface area contributed by atoms with E-state index in [4.69, 9.17) is 11.6 Å². The molecule has 37 heavy (non-hydrogen) atoms. The minimum Gasteiger partial charge on any atom is -0.312 e. The summed E-state index contributed by atoms with van der Waals surface area (Å²) in [5.74, 6) is 1.06. The van der Waals surface area contributed by atoms with E-state index >= 15 is 0 Å². The molecular formula is C30H44ClN5O. The van der Waals surface area contributed by atoms with Crippen LogP contribution in [0.4, 0.5) is 5.69 Å². The fourth-order valence-corrected chi connectivity index (χ4v) is 5.80. The minimum atomic E-state index is -0.116. The Morgan fingerprint density at radius 2 is 1.59 bits per heavy atom. The van der Waals surface area contributed by atoms with Gasteiger partial charge in [0.2, 0.25) is 5.91 Å². The third-order valence-corrected chi connectivity index (χ3v) is 8.01. The highest BCUT2D eigenvalue weighted by atomic mass is 35.5. The summed E-state index contributed by atoms with van der Waals surface area (Å²) in [6.07, 6.45) is 15.3. The van der Waals surface area contributed by atoms with Crippen molar-refractivity contribution in [2.24, 2.45) is 5.92 Å². The van der Waals surface area contributed by atoms with Crippen LogP contribution in [0.3, 0.4) is 0 Å². The fraction of sp³-hybridized carbons (Fsp3) is 0.633. The van der Waals surface area contributed by atoms with E-state index in [1.54, 1.807) is 4.63 Å².